The van der Waals surface area contributed by atoms with Crippen LogP contribution >= 0.6 is 11.3 Å². The van der Waals surface area contributed by atoms with Crippen molar-refractivity contribution >= 4 is 17.6 Å². The standard InChI is InChI=1S/C13H11FO3S/c1-7(16)11-2-3-12(18-11)8-4-9(6-15)13(17)10(14)5-8/h2-7,16-17H,1H3. The number of hydrogen-bond donors (Lipinski definition) is 2. The minimum absolute atomic E-state index is 0.0861. The van der Waals surface area contributed by atoms with Crippen molar-refractivity contribution in [1.29, 1.82) is 0 Å². The average molecular weight is 266 g/mol. The number of hydrogen-bond acceptors (Lipinski definition) is 4. The molecule has 0 radical (unpaired) electrons. The molecule has 0 amide bonds. The Morgan fingerprint density at radius 1 is 1.39 bits per heavy atom. The number of aldehydes is 1. The zero-order valence-corrected chi connectivity index (χ0v) is 10.4. The summed E-state index contributed by atoms with van der Waals surface area (Å²) in [7, 11) is 0. The molecule has 0 aliphatic rings. The van der Waals surface area contributed by atoms with Crippen molar-refractivity contribution in [3.8, 4) is 16.2 Å². The van der Waals surface area contributed by atoms with Gasteiger partial charge >= 0.3 is 0 Å². The van der Waals surface area contributed by atoms with Crippen molar-refractivity contribution in [1.82, 2.24) is 0 Å². The normalized spacial score (nSPS) is 12.4. The van der Waals surface area contributed by atoms with E-state index in [2.05, 4.69) is 0 Å². The molecule has 18 heavy (non-hydrogen) atoms. The minimum Gasteiger partial charge on any atom is -0.504 e. The highest BCUT2D eigenvalue weighted by Crippen LogP contribution is 2.34. The second-order valence-corrected chi connectivity index (χ2v) is 5.01. The van der Waals surface area contributed by atoms with E-state index in [1.807, 2.05) is 0 Å². The monoisotopic (exact) mass is 266 g/mol. The fraction of sp³-hybridized carbons (Fsp3) is 0.154. The number of aliphatic hydroxyl groups excluding tert-OH is 1. The molecule has 1 aromatic carbocycles. The molecular weight excluding hydrogens is 255 g/mol. The van der Waals surface area contributed by atoms with Crippen LogP contribution in [0.3, 0.4) is 0 Å². The van der Waals surface area contributed by atoms with Gasteiger partial charge in [-0.25, -0.2) is 4.39 Å². The van der Waals surface area contributed by atoms with Crippen LogP contribution in [-0.4, -0.2) is 16.5 Å². The number of halogens is 1. The van der Waals surface area contributed by atoms with Gasteiger partial charge in [-0.2, -0.15) is 0 Å². The predicted octanol–water partition coefficient (Wildman–Crippen LogP) is 3.13. The molecular formula is C13H11FO3S. The highest BCUT2D eigenvalue weighted by Gasteiger charge is 2.12. The van der Waals surface area contributed by atoms with Crippen LogP contribution in [0, 0.1) is 5.82 Å². The van der Waals surface area contributed by atoms with E-state index in [4.69, 9.17) is 0 Å². The quantitative estimate of drug-likeness (QED) is 0.839. The minimum atomic E-state index is -0.832. The number of benzene rings is 1. The first-order valence-corrected chi connectivity index (χ1v) is 6.10. The number of rotatable bonds is 3. The Balaban J connectivity index is 2.50. The van der Waals surface area contributed by atoms with Gasteiger partial charge in [-0.15, -0.1) is 11.3 Å². The van der Waals surface area contributed by atoms with Crippen LogP contribution in [0.15, 0.2) is 24.3 Å². The van der Waals surface area contributed by atoms with Gasteiger partial charge in [0.1, 0.15) is 0 Å². The first kappa shape index (κ1) is 12.7. The zero-order valence-electron chi connectivity index (χ0n) is 9.55. The molecule has 2 aromatic rings. The third-order valence-corrected chi connectivity index (χ3v) is 3.85. The van der Waals surface area contributed by atoms with Crippen LogP contribution in [-0.2, 0) is 0 Å². The van der Waals surface area contributed by atoms with E-state index in [1.165, 1.54) is 23.5 Å². The van der Waals surface area contributed by atoms with Gasteiger partial charge in [0.05, 0.1) is 11.7 Å². The molecule has 3 nitrogen and oxygen atoms in total. The van der Waals surface area contributed by atoms with Crippen LogP contribution < -0.4 is 0 Å². The summed E-state index contributed by atoms with van der Waals surface area (Å²) >= 11 is 1.31. The Labute approximate surface area is 107 Å². The fourth-order valence-electron chi connectivity index (χ4n) is 1.58. The molecule has 0 aliphatic heterocycles. The third-order valence-electron chi connectivity index (χ3n) is 2.54. The van der Waals surface area contributed by atoms with Crippen molar-refractivity contribution in [2.24, 2.45) is 0 Å². The molecule has 2 rings (SSSR count). The molecule has 0 saturated carbocycles. The van der Waals surface area contributed by atoms with E-state index in [9.17, 15) is 19.4 Å². The lowest BCUT2D eigenvalue weighted by Gasteiger charge is -2.03. The van der Waals surface area contributed by atoms with Gasteiger partial charge in [-0.3, -0.25) is 4.79 Å². The summed E-state index contributed by atoms with van der Waals surface area (Å²) in [6, 6.07) is 6.08. The van der Waals surface area contributed by atoms with Crippen molar-refractivity contribution in [2.75, 3.05) is 0 Å². The van der Waals surface area contributed by atoms with Crippen LogP contribution in [0.1, 0.15) is 28.3 Å². The van der Waals surface area contributed by atoms with E-state index in [0.29, 0.717) is 11.8 Å². The summed E-state index contributed by atoms with van der Waals surface area (Å²) in [5.41, 5.74) is 0.418. The Bertz CT molecular complexity index is 590. The summed E-state index contributed by atoms with van der Waals surface area (Å²) in [5, 5.41) is 18.7. The Kier molecular flexibility index (Phi) is 3.45. The van der Waals surface area contributed by atoms with E-state index in [-0.39, 0.29) is 5.56 Å². The maximum atomic E-state index is 13.4. The molecule has 0 bridgehead atoms. The Morgan fingerprint density at radius 2 is 2.11 bits per heavy atom. The van der Waals surface area contributed by atoms with Gasteiger partial charge < -0.3 is 10.2 Å². The van der Waals surface area contributed by atoms with E-state index in [1.54, 1.807) is 19.1 Å². The Hall–Kier alpha value is -1.72. The largest absolute Gasteiger partial charge is 0.504 e. The lowest BCUT2D eigenvalue weighted by Crippen LogP contribution is -1.87. The van der Waals surface area contributed by atoms with Crippen LogP contribution in [0.4, 0.5) is 4.39 Å². The fourth-order valence-corrected chi connectivity index (χ4v) is 2.52. The SMILES string of the molecule is CC(O)c1ccc(-c2cc(F)c(O)c(C=O)c2)s1. The summed E-state index contributed by atoms with van der Waals surface area (Å²) < 4.78 is 13.4. The number of phenols is 1. The predicted molar refractivity (Wildman–Crippen MR) is 67.4 cm³/mol. The maximum absolute atomic E-state index is 13.4. The van der Waals surface area contributed by atoms with E-state index < -0.39 is 17.7 Å². The second-order valence-electron chi connectivity index (χ2n) is 3.89. The van der Waals surface area contributed by atoms with Gasteiger partial charge in [0.2, 0.25) is 0 Å². The van der Waals surface area contributed by atoms with Crippen molar-refractivity contribution in [2.45, 2.75) is 13.0 Å². The van der Waals surface area contributed by atoms with Gasteiger partial charge in [-0.1, -0.05) is 0 Å². The lowest BCUT2D eigenvalue weighted by molar-refractivity contribution is 0.112. The van der Waals surface area contributed by atoms with E-state index >= 15 is 0 Å². The smallest absolute Gasteiger partial charge is 0.166 e. The summed E-state index contributed by atoms with van der Waals surface area (Å²) in [4.78, 5) is 12.2. The molecule has 1 atom stereocenters. The van der Waals surface area contributed by atoms with Gasteiger partial charge in [0.15, 0.2) is 17.9 Å². The lowest BCUT2D eigenvalue weighted by atomic mass is 10.1. The number of carbonyl (C=O) groups is 1. The highest BCUT2D eigenvalue weighted by atomic mass is 32.1. The van der Waals surface area contributed by atoms with Gasteiger partial charge in [-0.05, 0) is 36.8 Å². The second kappa shape index (κ2) is 4.88. The van der Waals surface area contributed by atoms with Crippen LogP contribution in [0.25, 0.3) is 10.4 Å². The van der Waals surface area contributed by atoms with Crippen LogP contribution in [0.2, 0.25) is 0 Å². The molecule has 1 heterocycles. The molecule has 0 fully saturated rings. The number of thiophene rings is 1. The molecule has 0 aliphatic carbocycles. The molecule has 94 valence electrons. The number of aromatic hydroxyl groups is 1. The van der Waals surface area contributed by atoms with Crippen LogP contribution in [0.5, 0.6) is 5.75 Å². The molecule has 2 N–H and O–H groups in total. The van der Waals surface area contributed by atoms with Crippen molar-refractivity contribution in [3.05, 3.63) is 40.5 Å². The Morgan fingerprint density at radius 3 is 2.67 bits per heavy atom. The van der Waals surface area contributed by atoms with E-state index in [0.717, 1.165) is 9.75 Å². The molecule has 1 unspecified atom stereocenters. The zero-order chi connectivity index (χ0) is 13.3. The topological polar surface area (TPSA) is 57.5 Å². The molecule has 0 saturated heterocycles. The van der Waals surface area contributed by atoms with Crippen molar-refractivity contribution < 1.29 is 19.4 Å². The maximum Gasteiger partial charge on any atom is 0.166 e. The van der Waals surface area contributed by atoms with Crippen molar-refractivity contribution in [3.63, 3.8) is 0 Å². The van der Waals surface area contributed by atoms with Gasteiger partial charge in [0.25, 0.3) is 0 Å². The highest BCUT2D eigenvalue weighted by molar-refractivity contribution is 7.15. The average Bonchev–Trinajstić information content (AvgIpc) is 2.82. The number of phenolic OH excluding ortho intramolecular Hbond substituents is 1. The summed E-state index contributed by atoms with van der Waals surface area (Å²) in [6.45, 7) is 1.64. The third kappa shape index (κ3) is 2.27. The van der Waals surface area contributed by atoms with Gasteiger partial charge in [0, 0.05) is 9.75 Å². The summed E-state index contributed by atoms with van der Waals surface area (Å²) in [5.74, 6) is -1.47. The first-order chi connectivity index (χ1) is 8.52. The molecule has 1 aromatic heterocycles. The molecule has 0 spiro atoms. The number of carbonyl (C=O) groups excluding carboxylic acids is 1. The molecule has 5 heteroatoms. The number of aliphatic hydroxyl groups is 1. The first-order valence-electron chi connectivity index (χ1n) is 5.28. The summed E-state index contributed by atoms with van der Waals surface area (Å²) in [6.07, 6.45) is -0.179.